The van der Waals surface area contributed by atoms with Gasteiger partial charge in [-0.25, -0.2) is 9.97 Å². The predicted octanol–water partition coefficient (Wildman–Crippen LogP) is 6.08. The van der Waals surface area contributed by atoms with Gasteiger partial charge in [0.2, 0.25) is 5.89 Å². The van der Waals surface area contributed by atoms with Crippen LogP contribution >= 0.6 is 11.3 Å². The summed E-state index contributed by atoms with van der Waals surface area (Å²) in [6, 6.07) is 12.4. The lowest BCUT2D eigenvalue weighted by Crippen LogP contribution is -2.25. The maximum absolute atomic E-state index is 13.3. The van der Waals surface area contributed by atoms with Gasteiger partial charge in [0.1, 0.15) is 17.0 Å². The van der Waals surface area contributed by atoms with Crippen LogP contribution in [0, 0.1) is 0 Å². The van der Waals surface area contributed by atoms with E-state index >= 15 is 0 Å². The molecule has 0 spiro atoms. The number of hydrogen-bond donors (Lipinski definition) is 2. The zero-order valence-electron chi connectivity index (χ0n) is 19.7. The number of nitrogens with zero attached hydrogens (tertiary/aromatic N) is 2. The third-order valence-corrected chi connectivity index (χ3v) is 6.86. The minimum Gasteiger partial charge on any atom is -0.494 e. The number of thiophene rings is 1. The molecule has 0 radical (unpaired) electrons. The molecule has 0 saturated heterocycles. The van der Waals surface area contributed by atoms with Crippen LogP contribution in [-0.4, -0.2) is 23.0 Å². The van der Waals surface area contributed by atoms with Gasteiger partial charge >= 0.3 is 6.18 Å². The largest absolute Gasteiger partial charge is 0.494 e. The number of fused-ring (bicyclic) bond motifs is 2. The molecule has 5 aromatic rings. The number of rotatable bonds is 6. The van der Waals surface area contributed by atoms with E-state index in [1.165, 1.54) is 19.2 Å². The Morgan fingerprint density at radius 3 is 2.65 bits per heavy atom. The number of amides is 1. The molecule has 0 saturated carbocycles. The molecule has 3 heterocycles. The Bertz CT molecular complexity index is 1620. The molecule has 1 atom stereocenters. The van der Waals surface area contributed by atoms with Crippen molar-refractivity contribution >= 4 is 38.2 Å². The lowest BCUT2D eigenvalue weighted by Gasteiger charge is -2.11. The van der Waals surface area contributed by atoms with Crippen molar-refractivity contribution in [3.63, 3.8) is 0 Å². The Morgan fingerprint density at radius 1 is 1.14 bits per heavy atom. The lowest BCUT2D eigenvalue weighted by atomic mass is 10.1. The number of nitrogens with one attached hydrogen (secondary N) is 1. The van der Waals surface area contributed by atoms with Gasteiger partial charge in [0, 0.05) is 22.2 Å². The number of carbonyl (C=O) groups excluding carboxylic acids is 1. The first-order valence-corrected chi connectivity index (χ1v) is 12.1. The highest BCUT2D eigenvalue weighted by atomic mass is 32.1. The molecule has 11 heteroatoms. The molecule has 0 bridgehead atoms. The van der Waals surface area contributed by atoms with E-state index in [0.717, 1.165) is 21.7 Å². The van der Waals surface area contributed by atoms with Gasteiger partial charge in [0.05, 0.1) is 13.2 Å². The molecule has 1 unspecified atom stereocenters. The van der Waals surface area contributed by atoms with Crippen LogP contribution < -0.4 is 15.8 Å². The molecule has 5 rings (SSSR count). The summed E-state index contributed by atoms with van der Waals surface area (Å²) in [6.07, 6.45) is -4.63. The minimum atomic E-state index is -4.63. The van der Waals surface area contributed by atoms with Crippen LogP contribution in [0.4, 0.5) is 13.2 Å². The summed E-state index contributed by atoms with van der Waals surface area (Å²) in [4.78, 5) is 21.3. The highest BCUT2D eigenvalue weighted by Crippen LogP contribution is 2.37. The third kappa shape index (κ3) is 4.63. The monoisotopic (exact) mass is 526 g/mol. The van der Waals surface area contributed by atoms with Gasteiger partial charge in [-0.1, -0.05) is 18.2 Å². The van der Waals surface area contributed by atoms with Crippen LogP contribution in [0.15, 0.2) is 58.3 Å². The van der Waals surface area contributed by atoms with Gasteiger partial charge in [-0.3, -0.25) is 4.79 Å². The molecule has 0 aliphatic carbocycles. The molecule has 0 fully saturated rings. The number of benzene rings is 2. The number of pyridine rings is 1. The van der Waals surface area contributed by atoms with Gasteiger partial charge < -0.3 is 20.2 Å². The van der Waals surface area contributed by atoms with Crippen molar-refractivity contribution in [2.24, 2.45) is 5.73 Å². The van der Waals surface area contributed by atoms with E-state index in [1.54, 1.807) is 24.3 Å². The molecule has 3 N–H and O–H groups in total. The normalized spacial score (nSPS) is 12.7. The number of nitrogens with two attached hydrogens (primary N) is 1. The zero-order valence-corrected chi connectivity index (χ0v) is 20.5. The lowest BCUT2D eigenvalue weighted by molar-refractivity contribution is -0.140. The number of hydrogen-bond acceptors (Lipinski definition) is 7. The number of ether oxygens (including phenoxy) is 1. The van der Waals surface area contributed by atoms with Crippen molar-refractivity contribution in [2.45, 2.75) is 25.7 Å². The Balaban J connectivity index is 1.52. The molecule has 37 heavy (non-hydrogen) atoms. The Labute approximate surface area is 213 Å². The Morgan fingerprint density at radius 2 is 1.92 bits per heavy atom. The van der Waals surface area contributed by atoms with Crippen molar-refractivity contribution < 1.29 is 27.1 Å². The number of alkyl halides is 3. The summed E-state index contributed by atoms with van der Waals surface area (Å²) in [6.45, 7) is 1.93. The van der Waals surface area contributed by atoms with E-state index in [0.29, 0.717) is 10.9 Å². The van der Waals surface area contributed by atoms with Crippen molar-refractivity contribution in [2.75, 3.05) is 7.11 Å². The summed E-state index contributed by atoms with van der Waals surface area (Å²) in [5.74, 6) is -0.128. The van der Waals surface area contributed by atoms with Crippen LogP contribution in [0.2, 0.25) is 0 Å². The maximum Gasteiger partial charge on any atom is 0.433 e. The first kappa shape index (κ1) is 24.7. The quantitative estimate of drug-likeness (QED) is 0.278. The van der Waals surface area contributed by atoms with Gasteiger partial charge in [-0.2, -0.15) is 13.2 Å². The zero-order chi connectivity index (χ0) is 26.3. The van der Waals surface area contributed by atoms with Gasteiger partial charge in [-0.15, -0.1) is 11.3 Å². The standard InChI is InChI=1S/C26H21F3N4O3S/c1-13(30)23-22(24(34)31-11-14-12-37-19-6-4-3-5-15(14)19)33-25(36-23)17-7-9-18(35-2)21-16(17)8-10-20(32-21)26(27,28)29/h3-10,12-13H,11,30H2,1-2H3,(H,31,34). The smallest absolute Gasteiger partial charge is 0.433 e. The number of aromatic nitrogens is 2. The van der Waals surface area contributed by atoms with Gasteiger partial charge in [-0.05, 0) is 53.6 Å². The van der Waals surface area contributed by atoms with Crippen molar-refractivity contribution in [1.29, 1.82) is 0 Å². The average molecular weight is 527 g/mol. The van der Waals surface area contributed by atoms with Crippen molar-refractivity contribution in [3.8, 4) is 17.2 Å². The van der Waals surface area contributed by atoms with E-state index in [9.17, 15) is 18.0 Å². The van der Waals surface area contributed by atoms with Crippen molar-refractivity contribution in [1.82, 2.24) is 15.3 Å². The molecule has 3 aromatic heterocycles. The van der Waals surface area contributed by atoms with Crippen molar-refractivity contribution in [3.05, 3.63) is 76.6 Å². The summed E-state index contributed by atoms with van der Waals surface area (Å²) >= 11 is 1.59. The maximum atomic E-state index is 13.3. The van der Waals surface area contributed by atoms with E-state index < -0.39 is 23.8 Å². The van der Waals surface area contributed by atoms with E-state index in [-0.39, 0.29) is 35.2 Å². The molecular weight excluding hydrogens is 505 g/mol. The molecular formula is C26H21F3N4O3S. The Hall–Kier alpha value is -3.96. The highest BCUT2D eigenvalue weighted by Gasteiger charge is 2.33. The SMILES string of the molecule is COc1ccc(-c2nc(C(=O)NCc3csc4ccccc34)c(C(C)N)o2)c2ccc(C(F)(F)F)nc12. The first-order valence-electron chi connectivity index (χ1n) is 11.2. The van der Waals surface area contributed by atoms with E-state index in [1.807, 2.05) is 29.6 Å². The van der Waals surface area contributed by atoms with Crippen LogP contribution in [0.3, 0.4) is 0 Å². The molecule has 190 valence electrons. The first-order chi connectivity index (χ1) is 17.7. The van der Waals surface area contributed by atoms with E-state index in [2.05, 4.69) is 15.3 Å². The van der Waals surface area contributed by atoms with Crippen LogP contribution in [0.1, 0.15) is 40.5 Å². The fraction of sp³-hybridized carbons (Fsp3) is 0.192. The average Bonchev–Trinajstić information content (AvgIpc) is 3.51. The van der Waals surface area contributed by atoms with Crippen LogP contribution in [0.5, 0.6) is 5.75 Å². The summed E-state index contributed by atoms with van der Waals surface area (Å²) in [5.41, 5.74) is 6.32. The van der Waals surface area contributed by atoms with Crippen LogP contribution in [-0.2, 0) is 12.7 Å². The summed E-state index contributed by atoms with van der Waals surface area (Å²) in [5, 5.41) is 6.22. The summed E-state index contributed by atoms with van der Waals surface area (Å²) in [7, 11) is 1.34. The fourth-order valence-electron chi connectivity index (χ4n) is 4.05. The summed E-state index contributed by atoms with van der Waals surface area (Å²) < 4.78 is 52.1. The van der Waals surface area contributed by atoms with Gasteiger partial charge in [0.25, 0.3) is 5.91 Å². The number of halogens is 3. The highest BCUT2D eigenvalue weighted by molar-refractivity contribution is 7.17. The topological polar surface area (TPSA) is 103 Å². The van der Waals surface area contributed by atoms with E-state index in [4.69, 9.17) is 14.9 Å². The van der Waals surface area contributed by atoms with Gasteiger partial charge in [0.15, 0.2) is 11.5 Å². The predicted molar refractivity (Wildman–Crippen MR) is 134 cm³/mol. The third-order valence-electron chi connectivity index (χ3n) is 5.84. The molecule has 2 aromatic carbocycles. The number of methoxy groups -OCH3 is 1. The second-order valence-corrected chi connectivity index (χ2v) is 9.28. The fourth-order valence-corrected chi connectivity index (χ4v) is 5.01. The van der Waals surface area contributed by atoms with Crippen LogP contribution in [0.25, 0.3) is 32.4 Å². The number of oxazole rings is 1. The Kier molecular flexibility index (Phi) is 6.34. The second kappa shape index (κ2) is 9.49. The number of carbonyl (C=O) groups is 1. The molecule has 1 amide bonds. The molecule has 0 aliphatic rings. The minimum absolute atomic E-state index is 0.00775. The molecule has 0 aliphatic heterocycles. The molecule has 7 nitrogen and oxygen atoms in total. The second-order valence-electron chi connectivity index (χ2n) is 8.37.